The highest BCUT2D eigenvalue weighted by atomic mass is 15.4. The minimum Gasteiger partial charge on any atom is -0.364 e. The highest BCUT2D eigenvalue weighted by molar-refractivity contribution is 5.33. The summed E-state index contributed by atoms with van der Waals surface area (Å²) < 4.78 is 1.73. The fraction of sp³-hybridized carbons (Fsp3) is 0.222. The maximum Gasteiger partial charge on any atom is 0.126 e. The first-order valence-corrected chi connectivity index (χ1v) is 4.35. The Kier molecular flexibility index (Phi) is 2.40. The van der Waals surface area contributed by atoms with E-state index in [1.165, 1.54) is 0 Å². The van der Waals surface area contributed by atoms with Gasteiger partial charge in [0.2, 0.25) is 0 Å². The molecular formula is C9H11N5. The van der Waals surface area contributed by atoms with Crippen LogP contribution >= 0.6 is 0 Å². The third-order valence-electron chi connectivity index (χ3n) is 1.92. The summed E-state index contributed by atoms with van der Waals surface area (Å²) in [6, 6.07) is 5.75. The molecule has 0 saturated carbocycles. The fourth-order valence-corrected chi connectivity index (χ4v) is 1.12. The van der Waals surface area contributed by atoms with Gasteiger partial charge in [0.05, 0.1) is 18.4 Å². The third kappa shape index (κ3) is 1.87. The highest BCUT2D eigenvalue weighted by Gasteiger charge is 1.98. The average Bonchev–Trinajstić information content (AvgIpc) is 2.63. The van der Waals surface area contributed by atoms with Gasteiger partial charge in [-0.3, -0.25) is 4.68 Å². The molecule has 0 fully saturated rings. The van der Waals surface area contributed by atoms with Crippen molar-refractivity contribution in [3.8, 4) is 0 Å². The second-order valence-corrected chi connectivity index (χ2v) is 2.92. The zero-order chi connectivity index (χ0) is 9.80. The lowest BCUT2D eigenvalue weighted by atomic mass is 10.4. The van der Waals surface area contributed by atoms with Crippen LogP contribution in [0.5, 0.6) is 0 Å². The summed E-state index contributed by atoms with van der Waals surface area (Å²) in [7, 11) is 1.86. The minimum atomic E-state index is 0.681. The molecule has 0 atom stereocenters. The molecule has 2 aromatic heterocycles. The van der Waals surface area contributed by atoms with Gasteiger partial charge in [-0.25, -0.2) is 4.98 Å². The summed E-state index contributed by atoms with van der Waals surface area (Å²) in [4.78, 5) is 4.15. The molecule has 0 unspecified atom stereocenters. The van der Waals surface area contributed by atoms with Crippen molar-refractivity contribution < 1.29 is 0 Å². The standard InChI is InChI=1S/C9H11N5/c1-14-8(7-12-13-14)6-11-9-4-2-3-5-10-9/h2-5,7H,6H2,1H3,(H,10,11). The smallest absolute Gasteiger partial charge is 0.126 e. The van der Waals surface area contributed by atoms with Gasteiger partial charge in [0.15, 0.2) is 0 Å². The lowest BCUT2D eigenvalue weighted by Gasteiger charge is -2.03. The van der Waals surface area contributed by atoms with Gasteiger partial charge in [-0.2, -0.15) is 0 Å². The van der Waals surface area contributed by atoms with E-state index in [0.717, 1.165) is 11.5 Å². The Morgan fingerprint density at radius 3 is 3.00 bits per heavy atom. The molecule has 0 radical (unpaired) electrons. The summed E-state index contributed by atoms with van der Waals surface area (Å²) in [6.07, 6.45) is 3.49. The predicted molar refractivity (Wildman–Crippen MR) is 52.6 cm³/mol. The Hall–Kier alpha value is -1.91. The van der Waals surface area contributed by atoms with Gasteiger partial charge in [0.1, 0.15) is 5.82 Å². The minimum absolute atomic E-state index is 0.681. The van der Waals surface area contributed by atoms with E-state index in [0.29, 0.717) is 6.54 Å². The molecule has 2 rings (SSSR count). The zero-order valence-electron chi connectivity index (χ0n) is 7.88. The first-order valence-electron chi connectivity index (χ1n) is 4.35. The third-order valence-corrected chi connectivity index (χ3v) is 1.92. The van der Waals surface area contributed by atoms with Crippen molar-refractivity contribution in [1.82, 2.24) is 20.0 Å². The number of rotatable bonds is 3. The topological polar surface area (TPSA) is 55.6 Å². The van der Waals surface area contributed by atoms with E-state index in [4.69, 9.17) is 0 Å². The molecule has 5 heteroatoms. The lowest BCUT2D eigenvalue weighted by Crippen LogP contribution is -2.06. The van der Waals surface area contributed by atoms with Gasteiger partial charge in [-0.1, -0.05) is 11.3 Å². The SMILES string of the molecule is Cn1nncc1CNc1ccccn1. The number of anilines is 1. The van der Waals surface area contributed by atoms with Crippen molar-refractivity contribution in [1.29, 1.82) is 0 Å². The molecule has 72 valence electrons. The van der Waals surface area contributed by atoms with E-state index in [-0.39, 0.29) is 0 Å². The van der Waals surface area contributed by atoms with Crippen molar-refractivity contribution >= 4 is 5.82 Å². The molecule has 0 aliphatic carbocycles. The molecule has 5 nitrogen and oxygen atoms in total. The number of hydrogen-bond acceptors (Lipinski definition) is 4. The van der Waals surface area contributed by atoms with E-state index in [9.17, 15) is 0 Å². The Morgan fingerprint density at radius 2 is 2.36 bits per heavy atom. The van der Waals surface area contributed by atoms with Gasteiger partial charge in [0, 0.05) is 13.2 Å². The number of hydrogen-bond donors (Lipinski definition) is 1. The van der Waals surface area contributed by atoms with Crippen LogP contribution in [0.4, 0.5) is 5.82 Å². The van der Waals surface area contributed by atoms with Crippen LogP contribution < -0.4 is 5.32 Å². The lowest BCUT2D eigenvalue weighted by molar-refractivity contribution is 0.683. The number of aryl methyl sites for hydroxylation is 1. The van der Waals surface area contributed by atoms with Crippen molar-refractivity contribution in [3.63, 3.8) is 0 Å². The fourth-order valence-electron chi connectivity index (χ4n) is 1.12. The predicted octanol–water partition coefficient (Wildman–Crippen LogP) is 0.822. The van der Waals surface area contributed by atoms with Gasteiger partial charge in [-0.15, -0.1) is 5.10 Å². The molecule has 2 aromatic rings. The molecule has 0 saturated heterocycles. The molecule has 1 N–H and O–H groups in total. The van der Waals surface area contributed by atoms with Crippen molar-refractivity contribution in [2.45, 2.75) is 6.54 Å². The van der Waals surface area contributed by atoms with Crippen molar-refractivity contribution in [2.24, 2.45) is 7.05 Å². The molecule has 0 spiro atoms. The summed E-state index contributed by atoms with van der Waals surface area (Å²) in [6.45, 7) is 0.681. The van der Waals surface area contributed by atoms with Gasteiger partial charge >= 0.3 is 0 Å². The Morgan fingerprint density at radius 1 is 1.43 bits per heavy atom. The number of aromatic nitrogens is 4. The van der Waals surface area contributed by atoms with Crippen LogP contribution in [-0.2, 0) is 13.6 Å². The maximum atomic E-state index is 4.15. The molecule has 14 heavy (non-hydrogen) atoms. The molecule has 0 amide bonds. The van der Waals surface area contributed by atoms with Gasteiger partial charge in [0.25, 0.3) is 0 Å². The van der Waals surface area contributed by atoms with Crippen LogP contribution in [-0.4, -0.2) is 20.0 Å². The molecule has 0 aliphatic rings. The molecule has 2 heterocycles. The summed E-state index contributed by atoms with van der Waals surface area (Å²) in [5.41, 5.74) is 1.02. The second-order valence-electron chi connectivity index (χ2n) is 2.92. The van der Waals surface area contributed by atoms with Crippen LogP contribution in [0.25, 0.3) is 0 Å². The Balaban J connectivity index is 1.99. The van der Waals surface area contributed by atoms with Crippen LogP contribution in [0.15, 0.2) is 30.6 Å². The van der Waals surface area contributed by atoms with Crippen LogP contribution in [0.2, 0.25) is 0 Å². The number of nitrogens with one attached hydrogen (secondary N) is 1. The molecule has 0 aromatic carbocycles. The van der Waals surface area contributed by atoms with Crippen molar-refractivity contribution in [3.05, 3.63) is 36.3 Å². The van der Waals surface area contributed by atoms with Crippen LogP contribution in [0.1, 0.15) is 5.69 Å². The average molecular weight is 189 g/mol. The van der Waals surface area contributed by atoms with E-state index >= 15 is 0 Å². The number of pyridine rings is 1. The monoisotopic (exact) mass is 189 g/mol. The maximum absolute atomic E-state index is 4.15. The summed E-state index contributed by atoms with van der Waals surface area (Å²) in [5, 5.41) is 10.8. The van der Waals surface area contributed by atoms with Gasteiger partial charge in [-0.05, 0) is 12.1 Å². The van der Waals surface area contributed by atoms with Crippen molar-refractivity contribution in [2.75, 3.05) is 5.32 Å². The summed E-state index contributed by atoms with van der Waals surface area (Å²) >= 11 is 0. The van der Waals surface area contributed by atoms with E-state index < -0.39 is 0 Å². The Labute approximate surface area is 81.8 Å². The number of nitrogens with zero attached hydrogens (tertiary/aromatic N) is 4. The van der Waals surface area contributed by atoms with Crippen LogP contribution in [0.3, 0.4) is 0 Å². The zero-order valence-corrected chi connectivity index (χ0v) is 7.88. The van der Waals surface area contributed by atoms with E-state index in [1.807, 2.05) is 25.2 Å². The molecule has 0 bridgehead atoms. The molecule has 0 aliphatic heterocycles. The van der Waals surface area contributed by atoms with Crippen LogP contribution in [0, 0.1) is 0 Å². The molecular weight excluding hydrogens is 178 g/mol. The first kappa shape index (κ1) is 8.68. The quantitative estimate of drug-likeness (QED) is 0.776. The van der Waals surface area contributed by atoms with E-state index in [2.05, 4.69) is 20.6 Å². The first-order chi connectivity index (χ1) is 6.86. The normalized spacial score (nSPS) is 10.1. The second kappa shape index (κ2) is 3.87. The largest absolute Gasteiger partial charge is 0.364 e. The van der Waals surface area contributed by atoms with Gasteiger partial charge < -0.3 is 5.32 Å². The van der Waals surface area contributed by atoms with E-state index in [1.54, 1.807) is 17.1 Å². The highest BCUT2D eigenvalue weighted by Crippen LogP contribution is 2.02. The summed E-state index contributed by atoms with van der Waals surface area (Å²) in [5.74, 6) is 0.855. The Bertz CT molecular complexity index is 395.